The zero-order chi connectivity index (χ0) is 24.2. The van der Waals surface area contributed by atoms with Gasteiger partial charge in [0.15, 0.2) is 0 Å². The van der Waals surface area contributed by atoms with Crippen molar-refractivity contribution in [1.82, 2.24) is 4.90 Å². The fourth-order valence-electron chi connectivity index (χ4n) is 4.61. The van der Waals surface area contributed by atoms with Gasteiger partial charge in [-0.2, -0.15) is 0 Å². The molecule has 7 heteroatoms. The number of fused-ring (bicyclic) bond motifs is 3. The molecule has 1 unspecified atom stereocenters. The molecule has 3 aromatic rings. The van der Waals surface area contributed by atoms with E-state index in [0.717, 1.165) is 64.2 Å². The highest BCUT2D eigenvalue weighted by Crippen LogP contribution is 2.38. The van der Waals surface area contributed by atoms with Gasteiger partial charge in [0.2, 0.25) is 0 Å². The molecule has 1 atom stereocenters. The van der Waals surface area contributed by atoms with Crippen LogP contribution in [0, 0.1) is 5.92 Å². The first kappa shape index (κ1) is 24.8. The van der Waals surface area contributed by atoms with Gasteiger partial charge in [0.05, 0.1) is 6.26 Å². The van der Waals surface area contributed by atoms with Crippen molar-refractivity contribution < 1.29 is 23.3 Å². The number of hydrogen-bond donors (Lipinski definition) is 0. The summed E-state index contributed by atoms with van der Waals surface area (Å²) in [5.74, 6) is 1.99. The Labute approximate surface area is 203 Å². The summed E-state index contributed by atoms with van der Waals surface area (Å²) in [5.41, 5.74) is 1.60. The van der Waals surface area contributed by atoms with E-state index in [9.17, 15) is 14.1 Å². The lowest BCUT2D eigenvalue weighted by molar-refractivity contribution is -0.123. The first-order valence-electron chi connectivity index (χ1n) is 12.0. The summed E-state index contributed by atoms with van der Waals surface area (Å²) >= 11 is -0.670. The lowest BCUT2D eigenvalue weighted by Gasteiger charge is -2.27. The van der Waals surface area contributed by atoms with E-state index in [0.29, 0.717) is 19.4 Å². The molecule has 0 amide bonds. The summed E-state index contributed by atoms with van der Waals surface area (Å²) in [4.78, 5) is 27.0. The van der Waals surface area contributed by atoms with Crippen LogP contribution in [0.1, 0.15) is 45.1 Å². The molecule has 2 aromatic carbocycles. The van der Waals surface area contributed by atoms with Crippen molar-refractivity contribution in [3.63, 3.8) is 0 Å². The minimum Gasteiger partial charge on any atom is -0.616 e. The summed E-state index contributed by atoms with van der Waals surface area (Å²) in [6, 6.07) is 9.94. The van der Waals surface area contributed by atoms with Crippen molar-refractivity contribution in [3.8, 4) is 5.75 Å². The van der Waals surface area contributed by atoms with Gasteiger partial charge in [-0.05, 0) is 48.4 Å². The molecule has 34 heavy (non-hydrogen) atoms. The highest BCUT2D eigenvalue weighted by atomic mass is 32.2. The number of ketones is 2. The van der Waals surface area contributed by atoms with Gasteiger partial charge in [-0.1, -0.05) is 31.1 Å². The molecule has 2 heterocycles. The van der Waals surface area contributed by atoms with Crippen LogP contribution in [-0.4, -0.2) is 58.8 Å². The van der Waals surface area contributed by atoms with Crippen LogP contribution in [-0.2, 0) is 20.8 Å². The van der Waals surface area contributed by atoms with Gasteiger partial charge < -0.3 is 18.5 Å². The third kappa shape index (κ3) is 5.65. The molecule has 0 saturated carbocycles. The zero-order valence-corrected chi connectivity index (χ0v) is 21.0. The van der Waals surface area contributed by atoms with Gasteiger partial charge in [0, 0.05) is 48.8 Å². The number of ether oxygens (including phenoxy) is 1. The number of furan rings is 1. The molecule has 1 aliphatic rings. The van der Waals surface area contributed by atoms with Crippen LogP contribution in [0.25, 0.3) is 21.7 Å². The highest BCUT2D eigenvalue weighted by Gasteiger charge is 2.27. The SMILES string of the molecule is CC(=O)CCC(C(=O)C(C)C)c1coc2ccc3cc(OCCN4CC[S+]([O-])CC4)ccc3c12. The summed E-state index contributed by atoms with van der Waals surface area (Å²) in [6.45, 7) is 8.46. The predicted molar refractivity (Wildman–Crippen MR) is 136 cm³/mol. The van der Waals surface area contributed by atoms with E-state index in [4.69, 9.17) is 9.15 Å². The Balaban J connectivity index is 1.57. The van der Waals surface area contributed by atoms with Crippen LogP contribution in [0.5, 0.6) is 5.75 Å². The number of hydrogen-bond acceptors (Lipinski definition) is 6. The molecule has 1 saturated heterocycles. The Morgan fingerprint density at radius 2 is 1.94 bits per heavy atom. The predicted octanol–water partition coefficient (Wildman–Crippen LogP) is 4.71. The molecule has 6 nitrogen and oxygen atoms in total. The van der Waals surface area contributed by atoms with Crippen LogP contribution in [0.2, 0.25) is 0 Å². The Hall–Kier alpha value is -2.35. The first-order valence-corrected chi connectivity index (χ1v) is 13.5. The van der Waals surface area contributed by atoms with Crippen molar-refractivity contribution in [2.75, 3.05) is 37.7 Å². The number of nitrogens with zero attached hydrogens (tertiary/aromatic N) is 1. The molecular formula is C27H33NO5S. The maximum atomic E-state index is 13.1. The normalized spacial score (nSPS) is 16.4. The average Bonchev–Trinajstić information content (AvgIpc) is 3.24. The molecule has 0 spiro atoms. The fraction of sp³-hybridized carbons (Fsp3) is 0.481. The summed E-state index contributed by atoms with van der Waals surface area (Å²) in [5, 5.41) is 2.97. The second-order valence-corrected chi connectivity index (χ2v) is 11.1. The van der Waals surface area contributed by atoms with E-state index in [2.05, 4.69) is 4.90 Å². The molecular weight excluding hydrogens is 450 g/mol. The average molecular weight is 484 g/mol. The summed E-state index contributed by atoms with van der Waals surface area (Å²) in [6.07, 6.45) is 2.54. The number of rotatable bonds is 10. The van der Waals surface area contributed by atoms with Crippen molar-refractivity contribution >= 4 is 44.5 Å². The Morgan fingerprint density at radius 3 is 2.65 bits per heavy atom. The van der Waals surface area contributed by atoms with Crippen molar-refractivity contribution in [2.45, 2.75) is 39.5 Å². The maximum absolute atomic E-state index is 13.1. The van der Waals surface area contributed by atoms with Gasteiger partial charge in [0.1, 0.15) is 41.0 Å². The first-order chi connectivity index (χ1) is 16.3. The molecule has 1 fully saturated rings. The van der Waals surface area contributed by atoms with Crippen LogP contribution < -0.4 is 4.74 Å². The molecule has 0 radical (unpaired) electrons. The smallest absolute Gasteiger partial charge is 0.143 e. The van der Waals surface area contributed by atoms with E-state index in [-0.39, 0.29) is 23.4 Å². The van der Waals surface area contributed by atoms with Gasteiger partial charge >= 0.3 is 0 Å². The van der Waals surface area contributed by atoms with Crippen LogP contribution in [0.4, 0.5) is 0 Å². The lowest BCUT2D eigenvalue weighted by atomic mass is 9.84. The molecule has 1 aliphatic heterocycles. The Kier molecular flexibility index (Phi) is 7.96. The van der Waals surface area contributed by atoms with Gasteiger partial charge in [-0.3, -0.25) is 9.69 Å². The lowest BCUT2D eigenvalue weighted by Crippen LogP contribution is -2.42. The third-order valence-corrected chi connectivity index (χ3v) is 7.85. The van der Waals surface area contributed by atoms with E-state index >= 15 is 0 Å². The van der Waals surface area contributed by atoms with Gasteiger partial charge in [-0.15, -0.1) is 0 Å². The van der Waals surface area contributed by atoms with Crippen LogP contribution in [0.15, 0.2) is 41.0 Å². The van der Waals surface area contributed by atoms with E-state index < -0.39 is 11.2 Å². The number of Topliss-reactive ketones (excluding diaryl/α,β-unsaturated/α-hetero) is 2. The van der Waals surface area contributed by atoms with E-state index in [1.54, 1.807) is 13.2 Å². The van der Waals surface area contributed by atoms with Crippen molar-refractivity contribution in [1.29, 1.82) is 0 Å². The van der Waals surface area contributed by atoms with E-state index in [1.807, 2.05) is 44.2 Å². The van der Waals surface area contributed by atoms with Crippen molar-refractivity contribution in [2.24, 2.45) is 5.92 Å². The van der Waals surface area contributed by atoms with Gasteiger partial charge in [0.25, 0.3) is 0 Å². The minimum atomic E-state index is -0.670. The largest absolute Gasteiger partial charge is 0.616 e. The van der Waals surface area contributed by atoms with Crippen LogP contribution in [0.3, 0.4) is 0 Å². The number of carbonyl (C=O) groups is 2. The third-order valence-electron chi connectivity index (χ3n) is 6.57. The summed E-state index contributed by atoms with van der Waals surface area (Å²) in [7, 11) is 0. The Bertz CT molecular complexity index is 1160. The van der Waals surface area contributed by atoms with Gasteiger partial charge in [-0.25, -0.2) is 0 Å². The Morgan fingerprint density at radius 1 is 1.18 bits per heavy atom. The quantitative estimate of drug-likeness (QED) is 0.389. The number of carbonyl (C=O) groups excluding carboxylic acids is 2. The highest BCUT2D eigenvalue weighted by molar-refractivity contribution is 7.91. The second kappa shape index (κ2) is 10.9. The molecule has 1 aromatic heterocycles. The monoisotopic (exact) mass is 483 g/mol. The molecule has 4 rings (SSSR count). The maximum Gasteiger partial charge on any atom is 0.143 e. The second-order valence-electron chi connectivity index (χ2n) is 9.40. The molecule has 0 N–H and O–H groups in total. The molecule has 182 valence electrons. The van der Waals surface area contributed by atoms with Crippen molar-refractivity contribution in [3.05, 3.63) is 42.2 Å². The zero-order valence-electron chi connectivity index (χ0n) is 20.2. The minimum absolute atomic E-state index is 0.0822. The molecule has 0 aliphatic carbocycles. The molecule has 0 bridgehead atoms. The number of benzene rings is 2. The standard InChI is InChI=1S/C27H33NO5S/c1-18(2)27(30)23(7-4-19(3)29)24-17-33-25-9-5-20-16-21(6-8-22(20)26(24)25)32-13-10-28-11-14-34(31)15-12-28/h5-6,8-9,16-18,23H,4,7,10-15H2,1-3H3. The fourth-order valence-corrected chi connectivity index (χ4v) is 5.74. The van der Waals surface area contributed by atoms with E-state index in [1.165, 1.54) is 0 Å². The summed E-state index contributed by atoms with van der Waals surface area (Å²) < 4.78 is 23.4. The van der Waals surface area contributed by atoms with Crippen LogP contribution >= 0.6 is 0 Å². The topological polar surface area (TPSA) is 82.8 Å².